The zero-order valence-electron chi connectivity index (χ0n) is 18.5. The van der Waals surface area contributed by atoms with Gasteiger partial charge in [-0.05, 0) is 0 Å². The number of hydrogen-bond acceptors (Lipinski definition) is 12. The summed E-state index contributed by atoms with van der Waals surface area (Å²) in [5, 5.41) is 11.4. The largest absolute Gasteiger partial charge is 0.462 e. The van der Waals surface area contributed by atoms with Crippen molar-refractivity contribution in [1.29, 1.82) is 0 Å². The fourth-order valence-electron chi connectivity index (χ4n) is 2.89. The molecule has 0 radical (unpaired) electrons. The van der Waals surface area contributed by atoms with E-state index >= 15 is 0 Å². The van der Waals surface area contributed by atoms with Crippen LogP contribution in [0.2, 0.25) is 0 Å². The highest BCUT2D eigenvalue weighted by atomic mass is 16.6. The minimum Gasteiger partial charge on any atom is -0.462 e. The number of aromatic amines is 1. The van der Waals surface area contributed by atoms with Gasteiger partial charge in [0.25, 0.3) is 5.69 Å². The van der Waals surface area contributed by atoms with Crippen LogP contribution in [0.3, 0.4) is 0 Å². The first-order valence-electron chi connectivity index (χ1n) is 9.46. The first kappa shape index (κ1) is 27.1. The lowest BCUT2D eigenvalue weighted by Crippen LogP contribution is -2.50. The van der Waals surface area contributed by atoms with Crippen LogP contribution in [0.4, 0.5) is 5.69 Å². The van der Waals surface area contributed by atoms with Crippen LogP contribution in [-0.4, -0.2) is 64.7 Å². The molecule has 182 valence electrons. The molecule has 0 aromatic carbocycles. The van der Waals surface area contributed by atoms with E-state index in [0.717, 1.165) is 47.0 Å². The minimum absolute atomic E-state index is 0.229. The van der Waals surface area contributed by atoms with Gasteiger partial charge in [-0.2, -0.15) is 0 Å². The minimum atomic E-state index is -1.75. The zero-order valence-corrected chi connectivity index (χ0v) is 18.5. The molecule has 0 spiro atoms. The normalized spacial score (nSPS) is 14.1. The van der Waals surface area contributed by atoms with Crippen LogP contribution in [0.1, 0.15) is 46.3 Å². The lowest BCUT2D eigenvalue weighted by molar-refractivity contribution is -0.386. The van der Waals surface area contributed by atoms with Crippen LogP contribution in [0.15, 0.2) is 12.4 Å². The molecule has 1 N–H and O–H groups in total. The van der Waals surface area contributed by atoms with Crippen LogP contribution in [0.5, 0.6) is 0 Å². The summed E-state index contributed by atoms with van der Waals surface area (Å²) in [6.45, 7) is 4.44. The van der Waals surface area contributed by atoms with Crippen molar-refractivity contribution in [2.24, 2.45) is 0 Å². The Hall–Kier alpha value is -3.97. The van der Waals surface area contributed by atoms with Crippen LogP contribution in [-0.2, 0) is 47.7 Å². The van der Waals surface area contributed by atoms with Gasteiger partial charge in [0.2, 0.25) is 0 Å². The Morgan fingerprint density at radius 3 is 1.79 bits per heavy atom. The molecule has 0 aliphatic rings. The molecule has 0 aliphatic heterocycles. The summed E-state index contributed by atoms with van der Waals surface area (Å²) in [4.78, 5) is 71.7. The van der Waals surface area contributed by atoms with Gasteiger partial charge in [0.15, 0.2) is 24.4 Å². The Kier molecular flexibility index (Phi) is 9.98. The maximum absolute atomic E-state index is 11.9. The van der Waals surface area contributed by atoms with E-state index in [0.29, 0.717) is 0 Å². The zero-order chi connectivity index (χ0) is 25.3. The van der Waals surface area contributed by atoms with Crippen molar-refractivity contribution in [3.8, 4) is 0 Å². The second kappa shape index (κ2) is 12.2. The standard InChI is InChI=1S/C19H24N2O12/c1-9(22)29-8-16(30-10(2)23)18(32-12(4)25)19(33-13(5)26)17(31-11(3)24)14-6-20-7-15(14)21(27)28/h6-7,16-20H,8H2,1-5H3/t16-,17+,18+,19-/m1/s1. The number of nitrogens with one attached hydrogen (secondary N) is 1. The summed E-state index contributed by atoms with van der Waals surface area (Å²) < 4.78 is 25.6. The fourth-order valence-corrected chi connectivity index (χ4v) is 2.89. The van der Waals surface area contributed by atoms with Crippen molar-refractivity contribution < 1.29 is 52.6 Å². The molecule has 1 aromatic heterocycles. The van der Waals surface area contributed by atoms with Gasteiger partial charge in [0.05, 0.1) is 16.7 Å². The molecule has 1 heterocycles. The predicted molar refractivity (Wildman–Crippen MR) is 105 cm³/mol. The Morgan fingerprint density at radius 1 is 0.818 bits per heavy atom. The molecule has 0 aliphatic carbocycles. The van der Waals surface area contributed by atoms with Gasteiger partial charge >= 0.3 is 29.8 Å². The summed E-state index contributed by atoms with van der Waals surface area (Å²) in [7, 11) is 0. The van der Waals surface area contributed by atoms with Crippen molar-refractivity contribution in [2.75, 3.05) is 6.61 Å². The van der Waals surface area contributed by atoms with Gasteiger partial charge in [-0.25, -0.2) is 0 Å². The maximum atomic E-state index is 11.9. The summed E-state index contributed by atoms with van der Waals surface area (Å²) >= 11 is 0. The molecule has 0 saturated heterocycles. The van der Waals surface area contributed by atoms with Crippen molar-refractivity contribution >= 4 is 35.5 Å². The maximum Gasteiger partial charge on any atom is 0.303 e. The van der Waals surface area contributed by atoms with Gasteiger partial charge in [-0.15, -0.1) is 0 Å². The topological polar surface area (TPSA) is 190 Å². The Bertz CT molecular complexity index is 908. The number of nitro groups is 1. The molecule has 33 heavy (non-hydrogen) atoms. The van der Waals surface area contributed by atoms with E-state index in [2.05, 4.69) is 4.98 Å². The van der Waals surface area contributed by atoms with E-state index in [9.17, 15) is 34.1 Å². The molecule has 0 bridgehead atoms. The third-order valence-electron chi connectivity index (χ3n) is 3.91. The molecule has 4 atom stereocenters. The summed E-state index contributed by atoms with van der Waals surface area (Å²) in [5.41, 5.74) is -0.753. The molecule has 0 unspecified atom stereocenters. The number of H-pyrrole nitrogens is 1. The highest BCUT2D eigenvalue weighted by Crippen LogP contribution is 2.35. The molecule has 14 heteroatoms. The van der Waals surface area contributed by atoms with Crippen LogP contribution in [0.25, 0.3) is 0 Å². The van der Waals surface area contributed by atoms with Crippen LogP contribution >= 0.6 is 0 Å². The van der Waals surface area contributed by atoms with E-state index in [1.807, 2.05) is 0 Å². The van der Waals surface area contributed by atoms with Crippen LogP contribution < -0.4 is 0 Å². The lowest BCUT2D eigenvalue weighted by Gasteiger charge is -2.35. The predicted octanol–water partition coefficient (Wildman–Crippen LogP) is 0.885. The van der Waals surface area contributed by atoms with Crippen molar-refractivity contribution in [3.05, 3.63) is 28.1 Å². The molecule has 0 saturated carbocycles. The van der Waals surface area contributed by atoms with Gasteiger partial charge in [0, 0.05) is 40.8 Å². The number of hydrogen-bond donors (Lipinski definition) is 1. The van der Waals surface area contributed by atoms with Crippen molar-refractivity contribution in [2.45, 2.75) is 59.0 Å². The quantitative estimate of drug-likeness (QED) is 0.207. The third kappa shape index (κ3) is 8.59. The molecule has 0 amide bonds. The van der Waals surface area contributed by atoms with E-state index in [-0.39, 0.29) is 5.56 Å². The molecule has 14 nitrogen and oxygen atoms in total. The first-order chi connectivity index (χ1) is 15.3. The average molecular weight is 472 g/mol. The van der Waals surface area contributed by atoms with E-state index in [1.54, 1.807) is 0 Å². The summed E-state index contributed by atoms with van der Waals surface area (Å²) in [5.74, 6) is -4.43. The molecule has 1 aromatic rings. The van der Waals surface area contributed by atoms with Crippen molar-refractivity contribution in [3.63, 3.8) is 0 Å². The first-order valence-corrected chi connectivity index (χ1v) is 9.46. The average Bonchev–Trinajstić information content (AvgIpc) is 3.15. The summed E-state index contributed by atoms with van der Waals surface area (Å²) in [6.07, 6.45) is -4.54. The fraction of sp³-hybridized carbons (Fsp3) is 0.526. The lowest BCUT2D eigenvalue weighted by atomic mass is 9.97. The highest BCUT2D eigenvalue weighted by molar-refractivity contribution is 5.69. The highest BCUT2D eigenvalue weighted by Gasteiger charge is 2.46. The number of esters is 5. The molecule has 1 rings (SSSR count). The Labute approximate surface area is 187 Å². The van der Waals surface area contributed by atoms with E-state index < -0.39 is 71.5 Å². The molecule has 0 fully saturated rings. The number of ether oxygens (including phenoxy) is 5. The number of carbonyl (C=O) groups is 5. The van der Waals surface area contributed by atoms with Crippen molar-refractivity contribution in [1.82, 2.24) is 4.98 Å². The number of nitrogens with zero attached hydrogens (tertiary/aromatic N) is 1. The monoisotopic (exact) mass is 472 g/mol. The van der Waals surface area contributed by atoms with E-state index in [4.69, 9.17) is 23.7 Å². The Balaban J connectivity index is 3.67. The number of carbonyl (C=O) groups excluding carboxylic acids is 5. The van der Waals surface area contributed by atoms with E-state index in [1.165, 1.54) is 0 Å². The Morgan fingerprint density at radius 2 is 1.33 bits per heavy atom. The van der Waals surface area contributed by atoms with Gasteiger partial charge in [-0.3, -0.25) is 34.1 Å². The molecular weight excluding hydrogens is 448 g/mol. The van der Waals surface area contributed by atoms with Crippen LogP contribution in [0, 0.1) is 10.1 Å². The second-order valence-corrected chi connectivity index (χ2v) is 6.68. The van der Waals surface area contributed by atoms with Gasteiger partial charge in [0.1, 0.15) is 6.61 Å². The number of aromatic nitrogens is 1. The smallest absolute Gasteiger partial charge is 0.303 e. The van der Waals surface area contributed by atoms with Gasteiger partial charge < -0.3 is 28.7 Å². The SMILES string of the molecule is CC(=O)OC[C@@H](OC(C)=O)[C@H](OC(C)=O)[C@H](OC(C)=O)[C@@H](OC(C)=O)c1c[nH]cc1[N+](=O)[O-]. The number of rotatable bonds is 11. The third-order valence-corrected chi connectivity index (χ3v) is 3.91. The van der Waals surface area contributed by atoms with Gasteiger partial charge in [-0.1, -0.05) is 0 Å². The second-order valence-electron chi connectivity index (χ2n) is 6.68. The molecular formula is C19H24N2O12. The summed E-state index contributed by atoms with van der Waals surface area (Å²) in [6, 6.07) is 0.